The summed E-state index contributed by atoms with van der Waals surface area (Å²) in [6.45, 7) is 10.6. The number of hydrogen-bond donors (Lipinski definition) is 0. The Bertz CT molecular complexity index is 957. The molecule has 0 bridgehead atoms. The van der Waals surface area contributed by atoms with Crippen LogP contribution in [0.3, 0.4) is 0 Å². The molecule has 6 nitrogen and oxygen atoms in total. The number of rotatable bonds is 7. The molecule has 3 rings (SSSR count). The Morgan fingerprint density at radius 3 is 2.21 bits per heavy atom. The zero-order valence-corrected chi connectivity index (χ0v) is 18.6. The van der Waals surface area contributed by atoms with E-state index in [2.05, 4.69) is 23.3 Å². The fraction of sp³-hybridized carbons (Fsp3) is 0.500. The lowest BCUT2D eigenvalue weighted by molar-refractivity contribution is 0.0901. The molecule has 0 unspecified atom stereocenters. The highest BCUT2D eigenvalue weighted by atomic mass is 32.2. The van der Waals surface area contributed by atoms with Crippen LogP contribution >= 0.6 is 0 Å². The van der Waals surface area contributed by atoms with Crippen LogP contribution in [0.15, 0.2) is 36.4 Å². The highest BCUT2D eigenvalue weighted by Crippen LogP contribution is 2.21. The average molecular weight is 418 g/mol. The molecule has 158 valence electrons. The maximum atomic E-state index is 12.9. The molecule has 2 aromatic rings. The van der Waals surface area contributed by atoms with Gasteiger partial charge in [0.15, 0.2) is 5.78 Å². The van der Waals surface area contributed by atoms with E-state index >= 15 is 0 Å². The molecule has 7 heteroatoms. The van der Waals surface area contributed by atoms with Crippen molar-refractivity contribution in [3.8, 4) is 0 Å². The minimum absolute atomic E-state index is 0.0218. The number of carbonyl (C=O) groups is 1. The Balaban J connectivity index is 1.59. The summed E-state index contributed by atoms with van der Waals surface area (Å²) in [5.74, 6) is 0.124. The minimum atomic E-state index is -3.34. The first-order chi connectivity index (χ1) is 13.7. The lowest BCUT2D eigenvalue weighted by Gasteiger charge is -2.33. The number of benzene rings is 1. The van der Waals surface area contributed by atoms with E-state index in [1.54, 1.807) is 4.31 Å². The Labute approximate surface area is 174 Å². The van der Waals surface area contributed by atoms with Crippen molar-refractivity contribution in [1.82, 2.24) is 13.8 Å². The van der Waals surface area contributed by atoms with Crippen LogP contribution in [-0.4, -0.2) is 60.7 Å². The fourth-order valence-electron chi connectivity index (χ4n) is 4.18. The van der Waals surface area contributed by atoms with Crippen molar-refractivity contribution in [3.05, 3.63) is 58.9 Å². The molecule has 0 radical (unpaired) electrons. The summed E-state index contributed by atoms with van der Waals surface area (Å²) >= 11 is 0. The second-order valence-corrected chi connectivity index (χ2v) is 10.1. The van der Waals surface area contributed by atoms with Gasteiger partial charge in [-0.15, -0.1) is 0 Å². The molecule has 0 saturated carbocycles. The maximum Gasteiger partial charge on any atom is 0.218 e. The monoisotopic (exact) mass is 417 g/mol. The third-order valence-corrected chi connectivity index (χ3v) is 7.43. The Morgan fingerprint density at radius 2 is 1.66 bits per heavy atom. The van der Waals surface area contributed by atoms with Crippen LogP contribution in [-0.2, 0) is 15.8 Å². The summed E-state index contributed by atoms with van der Waals surface area (Å²) in [5.41, 5.74) is 3.67. The zero-order valence-electron chi connectivity index (χ0n) is 17.8. The van der Waals surface area contributed by atoms with Gasteiger partial charge in [-0.25, -0.2) is 8.42 Å². The third-order valence-electron chi connectivity index (χ3n) is 5.58. The van der Waals surface area contributed by atoms with Gasteiger partial charge in [-0.05, 0) is 39.3 Å². The smallest absolute Gasteiger partial charge is 0.218 e. The van der Waals surface area contributed by atoms with E-state index < -0.39 is 10.0 Å². The molecular formula is C22H31N3O3S. The normalized spacial score (nSPS) is 16.4. The van der Waals surface area contributed by atoms with Crippen molar-refractivity contribution < 1.29 is 13.2 Å². The van der Waals surface area contributed by atoms with Gasteiger partial charge in [-0.3, -0.25) is 9.69 Å². The summed E-state index contributed by atoms with van der Waals surface area (Å²) in [7, 11) is -3.34. The molecule has 29 heavy (non-hydrogen) atoms. The van der Waals surface area contributed by atoms with Gasteiger partial charge in [-0.1, -0.05) is 30.3 Å². The number of carbonyl (C=O) groups excluding carboxylic acids is 1. The minimum Gasteiger partial charge on any atom is -0.346 e. The molecule has 1 aliphatic rings. The summed E-state index contributed by atoms with van der Waals surface area (Å²) in [6, 6.07) is 11.5. The predicted molar refractivity (Wildman–Crippen MR) is 116 cm³/mol. The Hall–Kier alpha value is -1.96. The number of piperazine rings is 1. The molecule has 0 amide bonds. The van der Waals surface area contributed by atoms with Crippen molar-refractivity contribution in [2.75, 3.05) is 32.7 Å². The highest BCUT2D eigenvalue weighted by molar-refractivity contribution is 7.88. The van der Waals surface area contributed by atoms with Crippen molar-refractivity contribution >= 4 is 15.8 Å². The molecule has 0 spiro atoms. The number of sulfonamides is 1. The van der Waals surface area contributed by atoms with Crippen LogP contribution in [0.4, 0.5) is 0 Å². The number of aryl methyl sites for hydroxylation is 1. The SMILES string of the molecule is Cc1cc(C(=O)CN2CCN(S(=O)(=O)Cc3ccccc3)CC2)c(C)n1C(C)C. The number of nitrogens with zero attached hydrogens (tertiary/aromatic N) is 3. The number of Topliss-reactive ketones (excluding diaryl/α,β-unsaturated/α-hetero) is 1. The zero-order chi connectivity index (χ0) is 21.2. The van der Waals surface area contributed by atoms with Gasteiger partial charge < -0.3 is 4.57 Å². The molecule has 1 aliphatic heterocycles. The van der Waals surface area contributed by atoms with Crippen LogP contribution in [0.1, 0.15) is 47.2 Å². The van der Waals surface area contributed by atoms with Crippen LogP contribution in [0.25, 0.3) is 0 Å². The molecule has 0 aliphatic carbocycles. The first-order valence-electron chi connectivity index (χ1n) is 10.1. The van der Waals surface area contributed by atoms with E-state index in [4.69, 9.17) is 0 Å². The first-order valence-corrected chi connectivity index (χ1v) is 11.8. The number of hydrogen-bond acceptors (Lipinski definition) is 4. The fourth-order valence-corrected chi connectivity index (χ4v) is 5.70. The molecule has 1 saturated heterocycles. The standard InChI is InChI=1S/C22H31N3O3S/c1-17(2)25-18(3)14-21(19(25)4)22(26)15-23-10-12-24(13-11-23)29(27,28)16-20-8-6-5-7-9-20/h5-9,14,17H,10-13,15-16H2,1-4H3. The van der Waals surface area contributed by atoms with Gasteiger partial charge in [0.05, 0.1) is 12.3 Å². The Kier molecular flexibility index (Phi) is 6.61. The van der Waals surface area contributed by atoms with Crippen LogP contribution < -0.4 is 0 Å². The molecule has 1 aromatic carbocycles. The highest BCUT2D eigenvalue weighted by Gasteiger charge is 2.28. The topological polar surface area (TPSA) is 62.6 Å². The van der Waals surface area contributed by atoms with E-state index in [0.717, 1.165) is 22.5 Å². The lowest BCUT2D eigenvalue weighted by Crippen LogP contribution is -2.50. The molecule has 0 N–H and O–H groups in total. The van der Waals surface area contributed by atoms with Crippen molar-refractivity contribution in [2.45, 2.75) is 39.5 Å². The molecular weight excluding hydrogens is 386 g/mol. The van der Waals surface area contributed by atoms with Gasteiger partial charge in [-0.2, -0.15) is 4.31 Å². The molecule has 1 fully saturated rings. The summed E-state index contributed by atoms with van der Waals surface area (Å²) in [4.78, 5) is 14.9. The van der Waals surface area contributed by atoms with Gasteiger partial charge in [0.1, 0.15) is 0 Å². The van der Waals surface area contributed by atoms with Crippen molar-refractivity contribution in [1.29, 1.82) is 0 Å². The van der Waals surface area contributed by atoms with Crippen molar-refractivity contribution in [2.24, 2.45) is 0 Å². The van der Waals surface area contributed by atoms with Crippen molar-refractivity contribution in [3.63, 3.8) is 0 Å². The van der Waals surface area contributed by atoms with Crippen LogP contribution in [0, 0.1) is 13.8 Å². The van der Waals surface area contributed by atoms with E-state index in [-0.39, 0.29) is 11.5 Å². The Morgan fingerprint density at radius 1 is 1.03 bits per heavy atom. The second kappa shape index (κ2) is 8.81. The summed E-state index contributed by atoms with van der Waals surface area (Å²) < 4.78 is 29.1. The maximum absolute atomic E-state index is 12.9. The molecule has 1 aromatic heterocycles. The van der Waals surface area contributed by atoms with Crippen LogP contribution in [0.5, 0.6) is 0 Å². The lowest BCUT2D eigenvalue weighted by atomic mass is 10.1. The van der Waals surface area contributed by atoms with E-state index in [1.165, 1.54) is 0 Å². The first kappa shape index (κ1) is 21.7. The van der Waals surface area contributed by atoms with E-state index in [9.17, 15) is 13.2 Å². The number of aromatic nitrogens is 1. The summed E-state index contributed by atoms with van der Waals surface area (Å²) in [5, 5.41) is 0. The molecule has 2 heterocycles. The average Bonchev–Trinajstić information content (AvgIpc) is 2.97. The predicted octanol–water partition coefficient (Wildman–Crippen LogP) is 3.02. The van der Waals surface area contributed by atoms with Gasteiger partial charge in [0.25, 0.3) is 0 Å². The summed E-state index contributed by atoms with van der Waals surface area (Å²) in [6.07, 6.45) is 0. The second-order valence-electron chi connectivity index (χ2n) is 8.09. The largest absolute Gasteiger partial charge is 0.346 e. The quantitative estimate of drug-likeness (QED) is 0.650. The number of ketones is 1. The third kappa shape index (κ3) is 4.97. The molecule has 0 atom stereocenters. The van der Waals surface area contributed by atoms with E-state index in [1.807, 2.05) is 50.2 Å². The van der Waals surface area contributed by atoms with Crippen LogP contribution in [0.2, 0.25) is 0 Å². The van der Waals surface area contributed by atoms with E-state index in [0.29, 0.717) is 38.8 Å². The van der Waals surface area contributed by atoms with Gasteiger partial charge in [0, 0.05) is 49.2 Å². The van der Waals surface area contributed by atoms with Gasteiger partial charge >= 0.3 is 0 Å². The van der Waals surface area contributed by atoms with Gasteiger partial charge in [0.2, 0.25) is 10.0 Å².